The van der Waals surface area contributed by atoms with Gasteiger partial charge in [-0.25, -0.2) is 4.98 Å². The van der Waals surface area contributed by atoms with Crippen molar-refractivity contribution in [1.29, 1.82) is 0 Å². The lowest BCUT2D eigenvalue weighted by Gasteiger charge is -2.34. The molecule has 0 unspecified atom stereocenters. The molecule has 150 valence electrons. The third kappa shape index (κ3) is 4.06. The molecule has 2 aliphatic rings. The van der Waals surface area contributed by atoms with Gasteiger partial charge in [0.15, 0.2) is 0 Å². The summed E-state index contributed by atoms with van der Waals surface area (Å²) in [6, 6.07) is 19.2. The Morgan fingerprint density at radius 1 is 0.793 bits per heavy atom. The molecule has 1 aromatic heterocycles. The van der Waals surface area contributed by atoms with Crippen molar-refractivity contribution in [3.63, 3.8) is 0 Å². The van der Waals surface area contributed by atoms with E-state index in [-0.39, 0.29) is 0 Å². The van der Waals surface area contributed by atoms with Crippen molar-refractivity contribution in [1.82, 2.24) is 9.97 Å². The van der Waals surface area contributed by atoms with Crippen molar-refractivity contribution < 1.29 is 4.74 Å². The summed E-state index contributed by atoms with van der Waals surface area (Å²) in [6.07, 6.45) is 3.56. The highest BCUT2D eigenvalue weighted by atomic mass is 16.5. The number of anilines is 2. The minimum atomic E-state index is 0.743. The van der Waals surface area contributed by atoms with E-state index >= 15 is 0 Å². The number of hydrogen-bond donors (Lipinski definition) is 0. The van der Waals surface area contributed by atoms with Crippen LogP contribution >= 0.6 is 0 Å². The number of aromatic nitrogens is 2. The summed E-state index contributed by atoms with van der Waals surface area (Å²) in [5.74, 6) is 2.68. The number of para-hydroxylation sites is 1. The number of morpholine rings is 1. The summed E-state index contributed by atoms with van der Waals surface area (Å²) in [5.41, 5.74) is 2.48. The standard InChI is InChI=1S/C24H28N4O/c1-2-6-19(7-3-1)18-20-10-12-28(13-11-20)24-25-22-9-5-4-8-21(22)23(26-24)27-14-16-29-17-15-27/h1-9,20H,10-18H2. The third-order valence-corrected chi connectivity index (χ3v) is 6.15. The lowest BCUT2D eigenvalue weighted by Crippen LogP contribution is -2.38. The Kier molecular flexibility index (Phi) is 5.31. The molecule has 0 atom stereocenters. The molecule has 0 spiro atoms. The van der Waals surface area contributed by atoms with Gasteiger partial charge < -0.3 is 14.5 Å². The second-order valence-electron chi connectivity index (χ2n) is 8.08. The van der Waals surface area contributed by atoms with Crippen LogP contribution in [0.25, 0.3) is 10.9 Å². The Bertz CT molecular complexity index is 948. The maximum atomic E-state index is 5.54. The number of hydrogen-bond acceptors (Lipinski definition) is 5. The second kappa shape index (κ2) is 8.37. The van der Waals surface area contributed by atoms with Gasteiger partial charge in [-0.3, -0.25) is 0 Å². The first-order chi connectivity index (χ1) is 14.4. The molecule has 5 rings (SSSR count). The summed E-state index contributed by atoms with van der Waals surface area (Å²) < 4.78 is 5.54. The van der Waals surface area contributed by atoms with Crippen LogP contribution in [0.5, 0.6) is 0 Å². The molecule has 2 aliphatic heterocycles. The fourth-order valence-electron chi connectivity index (χ4n) is 4.49. The van der Waals surface area contributed by atoms with Gasteiger partial charge in [-0.2, -0.15) is 4.98 Å². The van der Waals surface area contributed by atoms with Crippen LogP contribution in [-0.4, -0.2) is 49.4 Å². The smallest absolute Gasteiger partial charge is 0.227 e. The van der Waals surface area contributed by atoms with Crippen LogP contribution < -0.4 is 9.80 Å². The maximum Gasteiger partial charge on any atom is 0.227 e. The average molecular weight is 389 g/mol. The zero-order chi connectivity index (χ0) is 19.5. The number of nitrogens with zero attached hydrogens (tertiary/aromatic N) is 4. The molecule has 0 radical (unpaired) electrons. The van der Waals surface area contributed by atoms with E-state index in [0.717, 1.165) is 68.0 Å². The van der Waals surface area contributed by atoms with E-state index in [1.54, 1.807) is 0 Å². The minimum Gasteiger partial charge on any atom is -0.378 e. The highest BCUT2D eigenvalue weighted by molar-refractivity contribution is 5.90. The number of fused-ring (bicyclic) bond motifs is 1. The summed E-state index contributed by atoms with van der Waals surface area (Å²) in [6.45, 7) is 5.35. The van der Waals surface area contributed by atoms with Crippen LogP contribution in [0.15, 0.2) is 54.6 Å². The molecule has 2 fully saturated rings. The topological polar surface area (TPSA) is 41.5 Å². The van der Waals surface area contributed by atoms with Crippen molar-refractivity contribution in [2.75, 3.05) is 49.2 Å². The summed E-state index contributed by atoms with van der Waals surface area (Å²) in [5, 5.41) is 1.14. The fraction of sp³-hybridized carbons (Fsp3) is 0.417. The highest BCUT2D eigenvalue weighted by Gasteiger charge is 2.24. The Hall–Kier alpha value is -2.66. The zero-order valence-electron chi connectivity index (χ0n) is 16.8. The van der Waals surface area contributed by atoms with Gasteiger partial charge in [0.1, 0.15) is 5.82 Å². The molecular formula is C24H28N4O. The van der Waals surface area contributed by atoms with Crippen molar-refractivity contribution in [3.8, 4) is 0 Å². The van der Waals surface area contributed by atoms with Crippen LogP contribution in [0.4, 0.5) is 11.8 Å². The van der Waals surface area contributed by atoms with Crippen molar-refractivity contribution >= 4 is 22.7 Å². The molecular weight excluding hydrogens is 360 g/mol. The predicted octanol–water partition coefficient (Wildman–Crippen LogP) is 3.93. The van der Waals surface area contributed by atoms with E-state index in [4.69, 9.17) is 14.7 Å². The number of piperidine rings is 1. The van der Waals surface area contributed by atoms with E-state index in [2.05, 4.69) is 64.4 Å². The Balaban J connectivity index is 1.35. The second-order valence-corrected chi connectivity index (χ2v) is 8.08. The lowest BCUT2D eigenvalue weighted by molar-refractivity contribution is 0.122. The molecule has 0 amide bonds. The van der Waals surface area contributed by atoms with Gasteiger partial charge in [-0.05, 0) is 42.9 Å². The van der Waals surface area contributed by atoms with E-state index in [1.807, 2.05) is 0 Å². The number of benzene rings is 2. The SMILES string of the molecule is c1ccc(CC2CCN(c3nc(N4CCOCC4)c4ccccc4n3)CC2)cc1. The molecule has 3 aromatic rings. The molecule has 0 bridgehead atoms. The minimum absolute atomic E-state index is 0.743. The molecule has 5 nitrogen and oxygen atoms in total. The lowest BCUT2D eigenvalue weighted by atomic mass is 9.90. The molecule has 5 heteroatoms. The van der Waals surface area contributed by atoms with Gasteiger partial charge in [0.05, 0.1) is 18.7 Å². The van der Waals surface area contributed by atoms with Gasteiger partial charge in [-0.1, -0.05) is 42.5 Å². The van der Waals surface area contributed by atoms with Crippen molar-refractivity contribution in [2.24, 2.45) is 5.92 Å². The van der Waals surface area contributed by atoms with E-state index in [0.29, 0.717) is 0 Å². The van der Waals surface area contributed by atoms with Gasteiger partial charge >= 0.3 is 0 Å². The van der Waals surface area contributed by atoms with E-state index < -0.39 is 0 Å². The highest BCUT2D eigenvalue weighted by Crippen LogP contribution is 2.29. The average Bonchev–Trinajstić information content (AvgIpc) is 2.80. The molecule has 0 N–H and O–H groups in total. The summed E-state index contributed by atoms with van der Waals surface area (Å²) in [7, 11) is 0. The Morgan fingerprint density at radius 2 is 1.52 bits per heavy atom. The Morgan fingerprint density at radius 3 is 2.31 bits per heavy atom. The van der Waals surface area contributed by atoms with Crippen LogP contribution in [-0.2, 0) is 11.2 Å². The first kappa shape index (κ1) is 18.4. The van der Waals surface area contributed by atoms with Gasteiger partial charge in [0, 0.05) is 31.6 Å². The van der Waals surface area contributed by atoms with E-state index in [9.17, 15) is 0 Å². The zero-order valence-corrected chi connectivity index (χ0v) is 16.8. The number of rotatable bonds is 4. The van der Waals surface area contributed by atoms with Crippen molar-refractivity contribution in [2.45, 2.75) is 19.3 Å². The van der Waals surface area contributed by atoms with Gasteiger partial charge in [0.25, 0.3) is 0 Å². The van der Waals surface area contributed by atoms with Crippen LogP contribution in [0.2, 0.25) is 0 Å². The first-order valence-corrected chi connectivity index (χ1v) is 10.8. The number of ether oxygens (including phenoxy) is 1. The normalized spacial score (nSPS) is 18.3. The summed E-state index contributed by atoms with van der Waals surface area (Å²) in [4.78, 5) is 14.7. The summed E-state index contributed by atoms with van der Waals surface area (Å²) >= 11 is 0. The monoisotopic (exact) mass is 388 g/mol. The van der Waals surface area contributed by atoms with Gasteiger partial charge in [0.2, 0.25) is 5.95 Å². The van der Waals surface area contributed by atoms with E-state index in [1.165, 1.54) is 24.8 Å². The first-order valence-electron chi connectivity index (χ1n) is 10.8. The third-order valence-electron chi connectivity index (χ3n) is 6.15. The largest absolute Gasteiger partial charge is 0.378 e. The van der Waals surface area contributed by atoms with Gasteiger partial charge in [-0.15, -0.1) is 0 Å². The predicted molar refractivity (Wildman–Crippen MR) is 118 cm³/mol. The molecule has 29 heavy (non-hydrogen) atoms. The molecule has 0 saturated carbocycles. The molecule has 3 heterocycles. The van der Waals surface area contributed by atoms with Crippen LogP contribution in [0, 0.1) is 5.92 Å². The molecule has 0 aliphatic carbocycles. The molecule has 2 saturated heterocycles. The van der Waals surface area contributed by atoms with Crippen LogP contribution in [0.1, 0.15) is 18.4 Å². The van der Waals surface area contributed by atoms with Crippen LogP contribution in [0.3, 0.4) is 0 Å². The Labute approximate surface area is 172 Å². The maximum absolute atomic E-state index is 5.54. The molecule has 2 aromatic carbocycles. The fourth-order valence-corrected chi connectivity index (χ4v) is 4.49. The van der Waals surface area contributed by atoms with Crippen molar-refractivity contribution in [3.05, 3.63) is 60.2 Å². The quantitative estimate of drug-likeness (QED) is 0.677.